The average molecular weight is 623 g/mol. The van der Waals surface area contributed by atoms with Crippen LogP contribution in [0, 0.1) is 57.2 Å². The van der Waals surface area contributed by atoms with E-state index in [1.807, 2.05) is 0 Å². The molecule has 8 rings (SSSR count). The summed E-state index contributed by atoms with van der Waals surface area (Å²) in [6.45, 7) is 12.3. The Labute approximate surface area is 268 Å². The van der Waals surface area contributed by atoms with E-state index in [-0.39, 0.29) is 33.9 Å². The molecule has 248 valence electrons. The number of Topliss-reactive ketones (excluding diaryl/α,β-unsaturated/α-hetero) is 2. The second kappa shape index (κ2) is 10.2. The lowest BCUT2D eigenvalue weighted by atomic mass is 9.38. The van der Waals surface area contributed by atoms with E-state index in [0.717, 1.165) is 70.6 Å². The van der Waals surface area contributed by atoms with E-state index in [1.165, 1.54) is 5.57 Å². The van der Waals surface area contributed by atoms with Crippen molar-refractivity contribution in [1.29, 1.82) is 0 Å². The Morgan fingerprint density at radius 3 is 2.44 bits per heavy atom. The standard InChI is InChI=1S/C38H54O7/c1-20-23-10-13-37(5)24-11-15-38(33(41)30-28(40)29-31(44-29)32(45-30)34(42)43-19-21-6-7-21)17-16-35(2,3)18-25(38)22(24)8-9-27(37)36(23,4)14-12-26(20)39/h8,20-21,23-25,27-32,40H,6-7,9-19H2,1-5H3. The van der Waals surface area contributed by atoms with Gasteiger partial charge in [0.15, 0.2) is 11.9 Å². The van der Waals surface area contributed by atoms with E-state index in [4.69, 9.17) is 14.2 Å². The lowest BCUT2D eigenvalue weighted by molar-refractivity contribution is -0.184. The molecule has 7 nitrogen and oxygen atoms in total. The van der Waals surface area contributed by atoms with Crippen LogP contribution < -0.4 is 0 Å². The van der Waals surface area contributed by atoms with Gasteiger partial charge in [-0.25, -0.2) is 4.79 Å². The van der Waals surface area contributed by atoms with E-state index >= 15 is 0 Å². The minimum Gasteiger partial charge on any atom is -0.463 e. The van der Waals surface area contributed by atoms with Gasteiger partial charge >= 0.3 is 5.97 Å². The Morgan fingerprint density at radius 2 is 1.69 bits per heavy atom. The number of hydrogen-bond donors (Lipinski definition) is 1. The molecule has 7 heteroatoms. The molecule has 8 aliphatic rings. The van der Waals surface area contributed by atoms with Crippen molar-refractivity contribution < 1.29 is 33.7 Å². The number of allylic oxidation sites excluding steroid dienone is 2. The molecule has 0 radical (unpaired) electrons. The third kappa shape index (κ3) is 4.55. The Kier molecular flexibility index (Phi) is 6.98. The predicted molar refractivity (Wildman–Crippen MR) is 167 cm³/mol. The molecule has 45 heavy (non-hydrogen) atoms. The van der Waals surface area contributed by atoms with Crippen LogP contribution in [0.2, 0.25) is 0 Å². The summed E-state index contributed by atoms with van der Waals surface area (Å²) in [5.74, 6) is 2.10. The van der Waals surface area contributed by atoms with Gasteiger partial charge in [-0.3, -0.25) is 9.59 Å². The quantitative estimate of drug-likeness (QED) is 0.228. The summed E-state index contributed by atoms with van der Waals surface area (Å²) < 4.78 is 17.6. The molecule has 7 fully saturated rings. The molecule has 2 heterocycles. The van der Waals surface area contributed by atoms with Crippen molar-refractivity contribution in [2.75, 3.05) is 6.61 Å². The summed E-state index contributed by atoms with van der Waals surface area (Å²) in [6, 6.07) is 0. The zero-order chi connectivity index (χ0) is 31.7. The fourth-order valence-electron chi connectivity index (χ4n) is 12.2. The summed E-state index contributed by atoms with van der Waals surface area (Å²) in [7, 11) is 0. The molecule has 2 saturated heterocycles. The number of ether oxygens (including phenoxy) is 3. The van der Waals surface area contributed by atoms with Crippen LogP contribution in [0.1, 0.15) is 112 Å². The molecular formula is C38H54O7. The minimum absolute atomic E-state index is 0.0219. The number of aliphatic hydroxyl groups is 1. The molecule has 0 aromatic heterocycles. The first-order chi connectivity index (χ1) is 21.3. The van der Waals surface area contributed by atoms with Crippen LogP contribution in [-0.2, 0) is 28.6 Å². The maximum Gasteiger partial charge on any atom is 0.338 e. The van der Waals surface area contributed by atoms with E-state index in [9.17, 15) is 19.5 Å². The highest BCUT2D eigenvalue weighted by Gasteiger charge is 2.68. The van der Waals surface area contributed by atoms with Crippen LogP contribution in [-0.4, -0.2) is 59.8 Å². The van der Waals surface area contributed by atoms with Crippen LogP contribution in [0.3, 0.4) is 0 Å². The number of esters is 1. The van der Waals surface area contributed by atoms with E-state index in [0.29, 0.717) is 42.5 Å². The van der Waals surface area contributed by atoms with Crippen molar-refractivity contribution in [3.63, 3.8) is 0 Å². The van der Waals surface area contributed by atoms with E-state index < -0.39 is 41.9 Å². The Balaban J connectivity index is 1.10. The first kappa shape index (κ1) is 30.7. The highest BCUT2D eigenvalue weighted by molar-refractivity contribution is 5.91. The number of ketones is 2. The molecule has 0 bridgehead atoms. The molecule has 5 saturated carbocycles. The van der Waals surface area contributed by atoms with Crippen LogP contribution >= 0.6 is 0 Å². The van der Waals surface area contributed by atoms with Gasteiger partial charge in [-0.1, -0.05) is 46.3 Å². The Hall–Kier alpha value is -1.57. The molecule has 0 spiro atoms. The van der Waals surface area contributed by atoms with Crippen LogP contribution in [0.25, 0.3) is 0 Å². The number of carbonyl (C=O) groups is 3. The highest BCUT2D eigenvalue weighted by Crippen LogP contribution is 2.71. The monoisotopic (exact) mass is 622 g/mol. The maximum absolute atomic E-state index is 14.9. The normalized spacial score (nSPS) is 51.3. The number of hydrogen-bond acceptors (Lipinski definition) is 7. The second-order valence-electron chi connectivity index (χ2n) is 18.0. The van der Waals surface area contributed by atoms with Gasteiger partial charge in [-0.15, -0.1) is 0 Å². The highest BCUT2D eigenvalue weighted by atomic mass is 16.7. The largest absolute Gasteiger partial charge is 0.463 e. The Morgan fingerprint density at radius 1 is 0.911 bits per heavy atom. The second-order valence-corrected chi connectivity index (χ2v) is 18.0. The molecule has 6 aliphatic carbocycles. The summed E-state index contributed by atoms with van der Waals surface area (Å²) in [5.41, 5.74) is 1.31. The molecule has 0 aromatic carbocycles. The van der Waals surface area contributed by atoms with Crippen molar-refractivity contribution >= 4 is 17.5 Å². The third-order valence-electron chi connectivity index (χ3n) is 15.1. The SMILES string of the molecule is CC1C(=O)CCC2(C)C1CCC1(C)C3CCC4(C(=O)C5OC(C(=O)OCC6CC6)C6OC6C5O)CCC(C)(C)CC4C3=CCC12. The first-order valence-electron chi connectivity index (χ1n) is 18.2. The van der Waals surface area contributed by atoms with Crippen molar-refractivity contribution in [3.05, 3.63) is 11.6 Å². The summed E-state index contributed by atoms with van der Waals surface area (Å²) in [4.78, 5) is 40.8. The van der Waals surface area contributed by atoms with Gasteiger partial charge in [-0.2, -0.15) is 0 Å². The van der Waals surface area contributed by atoms with Crippen LogP contribution in [0.5, 0.6) is 0 Å². The van der Waals surface area contributed by atoms with Gasteiger partial charge in [0.2, 0.25) is 0 Å². The van der Waals surface area contributed by atoms with Gasteiger partial charge in [0.1, 0.15) is 30.2 Å². The molecule has 2 aliphatic heterocycles. The van der Waals surface area contributed by atoms with Gasteiger partial charge in [-0.05, 0) is 116 Å². The molecule has 13 atom stereocenters. The van der Waals surface area contributed by atoms with Crippen molar-refractivity contribution in [2.45, 2.75) is 142 Å². The number of carbonyl (C=O) groups excluding carboxylic acids is 3. The first-order valence-corrected chi connectivity index (χ1v) is 18.2. The van der Waals surface area contributed by atoms with E-state index in [2.05, 4.69) is 40.7 Å². The van der Waals surface area contributed by atoms with Crippen molar-refractivity contribution in [1.82, 2.24) is 0 Å². The number of fused-ring (bicyclic) bond motifs is 8. The predicted octanol–water partition coefficient (Wildman–Crippen LogP) is 6.00. The summed E-state index contributed by atoms with van der Waals surface area (Å²) in [6.07, 6.45) is 9.97. The zero-order valence-electron chi connectivity index (χ0n) is 28.0. The fourth-order valence-corrected chi connectivity index (χ4v) is 12.2. The lowest BCUT2D eigenvalue weighted by Crippen LogP contribution is -2.62. The van der Waals surface area contributed by atoms with Gasteiger partial charge in [0, 0.05) is 17.8 Å². The maximum atomic E-state index is 14.9. The number of epoxide rings is 1. The molecular weight excluding hydrogens is 568 g/mol. The zero-order valence-corrected chi connectivity index (χ0v) is 28.0. The third-order valence-corrected chi connectivity index (χ3v) is 15.1. The van der Waals surface area contributed by atoms with Crippen LogP contribution in [0.4, 0.5) is 0 Å². The molecule has 1 N–H and O–H groups in total. The van der Waals surface area contributed by atoms with Gasteiger partial charge in [0.25, 0.3) is 0 Å². The topological polar surface area (TPSA) is 102 Å². The average Bonchev–Trinajstić information content (AvgIpc) is 3.93. The van der Waals surface area contributed by atoms with Crippen molar-refractivity contribution in [3.8, 4) is 0 Å². The number of rotatable bonds is 5. The Bertz CT molecular complexity index is 1310. The molecule has 0 aromatic rings. The summed E-state index contributed by atoms with van der Waals surface area (Å²) in [5, 5.41) is 11.3. The van der Waals surface area contributed by atoms with E-state index in [1.54, 1.807) is 0 Å². The molecule has 0 amide bonds. The minimum atomic E-state index is -1.07. The van der Waals surface area contributed by atoms with Crippen molar-refractivity contribution in [2.24, 2.45) is 57.2 Å². The number of aliphatic hydroxyl groups excluding tert-OH is 1. The van der Waals surface area contributed by atoms with Crippen LogP contribution in [0.15, 0.2) is 11.6 Å². The smallest absolute Gasteiger partial charge is 0.338 e. The molecule has 13 unspecified atom stereocenters. The van der Waals surface area contributed by atoms with Gasteiger partial charge < -0.3 is 19.3 Å². The fraction of sp³-hybridized carbons (Fsp3) is 0.868. The summed E-state index contributed by atoms with van der Waals surface area (Å²) >= 11 is 0. The van der Waals surface area contributed by atoms with Gasteiger partial charge in [0.05, 0.1) is 6.61 Å². The lowest BCUT2D eigenvalue weighted by Gasteiger charge is -2.66.